The van der Waals surface area contributed by atoms with Gasteiger partial charge in [0.05, 0.1) is 11.5 Å². The molecule has 6 heteroatoms. The van der Waals surface area contributed by atoms with Crippen LogP contribution in [0.15, 0.2) is 4.90 Å². The maximum Gasteiger partial charge on any atom is 0.198 e. The van der Waals surface area contributed by atoms with Gasteiger partial charge in [0.15, 0.2) is 23.3 Å². The van der Waals surface area contributed by atoms with E-state index in [2.05, 4.69) is 0 Å². The first-order chi connectivity index (χ1) is 6.54. The number of benzene rings is 1. The van der Waals surface area contributed by atoms with E-state index in [1.54, 1.807) is 0 Å². The lowest BCUT2D eigenvalue weighted by molar-refractivity contribution is 0.264. The van der Waals surface area contributed by atoms with Gasteiger partial charge in [-0.15, -0.1) is 11.8 Å². The van der Waals surface area contributed by atoms with Gasteiger partial charge in [-0.1, -0.05) is 0 Å². The van der Waals surface area contributed by atoms with E-state index in [0.29, 0.717) is 11.8 Å². The lowest BCUT2D eigenvalue weighted by Gasteiger charge is -2.08. The Morgan fingerprint density at radius 2 is 1.50 bits per heavy atom. The highest BCUT2D eigenvalue weighted by Gasteiger charge is 2.23. The minimum atomic E-state index is -1.90. The molecular formula is C8H6F4OS. The maximum absolute atomic E-state index is 13.0. The van der Waals surface area contributed by atoms with Crippen molar-refractivity contribution < 1.29 is 22.7 Å². The topological polar surface area (TPSA) is 20.2 Å². The summed E-state index contributed by atoms with van der Waals surface area (Å²) in [7, 11) is 0. The molecule has 0 fully saturated rings. The molecule has 1 nitrogen and oxygen atoms in total. The van der Waals surface area contributed by atoms with E-state index in [0.717, 1.165) is 0 Å². The zero-order chi connectivity index (χ0) is 10.9. The molecule has 0 atom stereocenters. The highest BCUT2D eigenvalue weighted by atomic mass is 32.2. The molecule has 1 aromatic carbocycles. The van der Waals surface area contributed by atoms with Crippen LogP contribution in [-0.4, -0.2) is 11.4 Å². The van der Waals surface area contributed by atoms with Crippen LogP contribution in [0.5, 0.6) is 0 Å². The Hall–Kier alpha value is -0.750. The fourth-order valence-electron chi connectivity index (χ4n) is 1.01. The first-order valence-electron chi connectivity index (χ1n) is 3.54. The second kappa shape index (κ2) is 4.18. The first-order valence-corrected chi connectivity index (χ1v) is 4.76. The molecule has 1 rings (SSSR count). The SMILES string of the molecule is CSc1c(F)c(F)c(F)c(F)c1CO. The fraction of sp³-hybridized carbons (Fsp3) is 0.250. The Bertz CT molecular complexity index is 332. The van der Waals surface area contributed by atoms with E-state index in [-0.39, 0.29) is 0 Å². The number of rotatable bonds is 2. The van der Waals surface area contributed by atoms with Gasteiger partial charge in [-0.2, -0.15) is 0 Å². The van der Waals surface area contributed by atoms with Gasteiger partial charge in [0.2, 0.25) is 0 Å². The smallest absolute Gasteiger partial charge is 0.198 e. The summed E-state index contributed by atoms with van der Waals surface area (Å²) in [6.07, 6.45) is 1.37. The van der Waals surface area contributed by atoms with E-state index >= 15 is 0 Å². The Morgan fingerprint density at radius 3 is 1.93 bits per heavy atom. The third-order valence-corrected chi connectivity index (χ3v) is 2.51. The van der Waals surface area contributed by atoms with E-state index < -0.39 is 40.3 Å². The summed E-state index contributed by atoms with van der Waals surface area (Å²) in [6, 6.07) is 0. The van der Waals surface area contributed by atoms with Gasteiger partial charge in [-0.05, 0) is 6.26 Å². The molecule has 0 aliphatic carbocycles. The van der Waals surface area contributed by atoms with Gasteiger partial charge < -0.3 is 5.11 Å². The number of aliphatic hydroxyl groups excluding tert-OH is 1. The average Bonchev–Trinajstić information content (AvgIpc) is 2.20. The summed E-state index contributed by atoms with van der Waals surface area (Å²) < 4.78 is 51.2. The van der Waals surface area contributed by atoms with Crippen LogP contribution in [0.3, 0.4) is 0 Å². The van der Waals surface area contributed by atoms with Gasteiger partial charge in [0.25, 0.3) is 0 Å². The predicted octanol–water partition coefficient (Wildman–Crippen LogP) is 2.46. The molecular weight excluding hydrogens is 220 g/mol. The fourth-order valence-corrected chi connectivity index (χ4v) is 1.68. The van der Waals surface area contributed by atoms with Crippen molar-refractivity contribution in [3.63, 3.8) is 0 Å². The molecule has 0 saturated heterocycles. The van der Waals surface area contributed by atoms with Crippen LogP contribution in [-0.2, 0) is 6.61 Å². The first kappa shape index (κ1) is 11.3. The number of hydrogen-bond acceptors (Lipinski definition) is 2. The summed E-state index contributed by atoms with van der Waals surface area (Å²) in [5.41, 5.74) is -0.561. The average molecular weight is 226 g/mol. The number of halogens is 4. The second-order valence-electron chi connectivity index (χ2n) is 2.43. The van der Waals surface area contributed by atoms with Crippen molar-refractivity contribution in [3.8, 4) is 0 Å². The van der Waals surface area contributed by atoms with Gasteiger partial charge in [-0.3, -0.25) is 0 Å². The maximum atomic E-state index is 13.0. The van der Waals surface area contributed by atoms with E-state index in [1.165, 1.54) is 6.26 Å². The van der Waals surface area contributed by atoms with Crippen LogP contribution in [0.4, 0.5) is 17.6 Å². The van der Waals surface area contributed by atoms with Gasteiger partial charge in [0, 0.05) is 5.56 Å². The third-order valence-electron chi connectivity index (χ3n) is 1.68. The van der Waals surface area contributed by atoms with Crippen LogP contribution >= 0.6 is 11.8 Å². The Labute approximate surface area is 81.7 Å². The van der Waals surface area contributed by atoms with Crippen molar-refractivity contribution in [2.24, 2.45) is 0 Å². The van der Waals surface area contributed by atoms with Crippen molar-refractivity contribution >= 4 is 11.8 Å². The lowest BCUT2D eigenvalue weighted by atomic mass is 10.2. The summed E-state index contributed by atoms with van der Waals surface area (Å²) in [4.78, 5) is -0.413. The number of aliphatic hydroxyl groups is 1. The largest absolute Gasteiger partial charge is 0.392 e. The molecule has 0 aliphatic rings. The summed E-state index contributed by atoms with van der Waals surface area (Å²) >= 11 is 0.702. The van der Waals surface area contributed by atoms with E-state index in [4.69, 9.17) is 5.11 Å². The molecule has 0 saturated carbocycles. The molecule has 1 aromatic rings. The molecule has 14 heavy (non-hydrogen) atoms. The Kier molecular flexibility index (Phi) is 3.38. The van der Waals surface area contributed by atoms with Crippen LogP contribution < -0.4 is 0 Å². The van der Waals surface area contributed by atoms with E-state index in [1.807, 2.05) is 0 Å². The zero-order valence-corrected chi connectivity index (χ0v) is 7.89. The van der Waals surface area contributed by atoms with Crippen molar-refractivity contribution in [2.75, 3.05) is 6.26 Å². The minimum Gasteiger partial charge on any atom is -0.392 e. The molecule has 78 valence electrons. The molecule has 0 unspecified atom stereocenters. The monoisotopic (exact) mass is 226 g/mol. The van der Waals surface area contributed by atoms with Gasteiger partial charge >= 0.3 is 0 Å². The highest BCUT2D eigenvalue weighted by Crippen LogP contribution is 2.30. The van der Waals surface area contributed by atoms with Gasteiger partial charge in [-0.25, -0.2) is 17.6 Å². The molecule has 0 heterocycles. The number of hydrogen-bond donors (Lipinski definition) is 1. The summed E-state index contributed by atoms with van der Waals surface area (Å²) in [5.74, 6) is -6.77. The Morgan fingerprint density at radius 1 is 1.00 bits per heavy atom. The summed E-state index contributed by atoms with van der Waals surface area (Å²) in [6.45, 7) is -0.879. The van der Waals surface area contributed by atoms with Crippen LogP contribution in [0.1, 0.15) is 5.56 Å². The molecule has 0 aromatic heterocycles. The Balaban J connectivity index is 3.57. The van der Waals surface area contributed by atoms with Crippen molar-refractivity contribution in [1.29, 1.82) is 0 Å². The lowest BCUT2D eigenvalue weighted by Crippen LogP contribution is -2.05. The van der Waals surface area contributed by atoms with Crippen LogP contribution in [0, 0.1) is 23.3 Å². The van der Waals surface area contributed by atoms with Crippen LogP contribution in [0.2, 0.25) is 0 Å². The third kappa shape index (κ3) is 1.59. The quantitative estimate of drug-likeness (QED) is 0.362. The molecule has 1 N–H and O–H groups in total. The standard InChI is InChI=1S/C8H6F4OS/c1-14-8-3(2-13)4(9)5(10)6(11)7(8)12/h13H,2H2,1H3. The second-order valence-corrected chi connectivity index (χ2v) is 3.24. The minimum absolute atomic E-state index is 0.413. The zero-order valence-electron chi connectivity index (χ0n) is 7.07. The normalized spacial score (nSPS) is 10.7. The van der Waals surface area contributed by atoms with E-state index in [9.17, 15) is 17.6 Å². The molecule has 0 spiro atoms. The molecule has 0 bridgehead atoms. The molecule has 0 radical (unpaired) electrons. The number of thioether (sulfide) groups is 1. The van der Waals surface area contributed by atoms with Gasteiger partial charge in [0.1, 0.15) is 0 Å². The molecule has 0 aliphatic heterocycles. The highest BCUT2D eigenvalue weighted by molar-refractivity contribution is 7.98. The predicted molar refractivity (Wildman–Crippen MR) is 44.0 cm³/mol. The summed E-state index contributed by atoms with van der Waals surface area (Å²) in [5, 5.41) is 8.66. The molecule has 0 amide bonds. The van der Waals surface area contributed by atoms with Crippen molar-refractivity contribution in [2.45, 2.75) is 11.5 Å². The van der Waals surface area contributed by atoms with Crippen LogP contribution in [0.25, 0.3) is 0 Å². The van der Waals surface area contributed by atoms with Crippen molar-refractivity contribution in [1.82, 2.24) is 0 Å². The van der Waals surface area contributed by atoms with Crippen molar-refractivity contribution in [3.05, 3.63) is 28.8 Å².